The van der Waals surface area contributed by atoms with E-state index in [9.17, 15) is 4.79 Å². The predicted molar refractivity (Wildman–Crippen MR) is 98.5 cm³/mol. The van der Waals surface area contributed by atoms with Crippen molar-refractivity contribution >= 4 is 29.3 Å². The van der Waals surface area contributed by atoms with Gasteiger partial charge in [0.15, 0.2) is 0 Å². The Bertz CT molecular complexity index is 854. The summed E-state index contributed by atoms with van der Waals surface area (Å²) in [6, 6.07) is 16.8. The lowest BCUT2D eigenvalue weighted by atomic mass is 10.1. The summed E-state index contributed by atoms with van der Waals surface area (Å²) in [5, 5.41) is 11.9. The van der Waals surface area contributed by atoms with Crippen LogP contribution in [0.5, 0.6) is 0 Å². The fourth-order valence-electron chi connectivity index (χ4n) is 2.24. The summed E-state index contributed by atoms with van der Waals surface area (Å²) >= 11 is 7.18. The summed E-state index contributed by atoms with van der Waals surface area (Å²) in [5.74, 6) is 0.522. The highest BCUT2D eigenvalue weighted by molar-refractivity contribution is 7.99. The van der Waals surface area contributed by atoms with Gasteiger partial charge in [0.05, 0.1) is 11.8 Å². The second kappa shape index (κ2) is 8.18. The molecule has 0 spiro atoms. The Balaban J connectivity index is 1.53. The molecule has 0 aliphatic rings. The predicted octanol–water partition coefficient (Wildman–Crippen LogP) is 4.36. The van der Waals surface area contributed by atoms with Crippen LogP contribution in [0.25, 0.3) is 11.5 Å². The molecule has 0 fully saturated rings. The van der Waals surface area contributed by atoms with Crippen LogP contribution in [-0.4, -0.2) is 21.9 Å². The highest BCUT2D eigenvalue weighted by atomic mass is 35.5. The fourth-order valence-corrected chi connectivity index (χ4v) is 3.01. The molecule has 25 heavy (non-hydrogen) atoms. The van der Waals surface area contributed by atoms with Gasteiger partial charge < -0.3 is 9.73 Å². The van der Waals surface area contributed by atoms with Crippen LogP contribution < -0.4 is 5.32 Å². The zero-order valence-corrected chi connectivity index (χ0v) is 15.1. The molecule has 0 aliphatic heterocycles. The van der Waals surface area contributed by atoms with Gasteiger partial charge in [0, 0.05) is 10.6 Å². The minimum atomic E-state index is -0.130. The zero-order chi connectivity index (χ0) is 17.6. The first kappa shape index (κ1) is 17.5. The first-order valence-corrected chi connectivity index (χ1v) is 9.05. The monoisotopic (exact) mass is 373 g/mol. The molecule has 0 unspecified atom stereocenters. The van der Waals surface area contributed by atoms with Crippen LogP contribution in [0.2, 0.25) is 5.02 Å². The number of thioether (sulfide) groups is 1. The molecule has 2 aromatic carbocycles. The summed E-state index contributed by atoms with van der Waals surface area (Å²) in [4.78, 5) is 12.1. The second-order valence-corrected chi connectivity index (χ2v) is 6.74. The molecule has 0 aliphatic carbocycles. The normalized spacial score (nSPS) is 11.9. The minimum absolute atomic E-state index is 0.114. The molecule has 3 aromatic rings. The lowest BCUT2D eigenvalue weighted by Gasteiger charge is -2.14. The Morgan fingerprint density at radius 2 is 2.00 bits per heavy atom. The number of halogens is 1. The Hall–Kier alpha value is -2.31. The molecule has 0 saturated carbocycles. The van der Waals surface area contributed by atoms with Crippen LogP contribution >= 0.6 is 23.4 Å². The maximum absolute atomic E-state index is 12.1. The van der Waals surface area contributed by atoms with Crippen molar-refractivity contribution in [3.05, 3.63) is 65.2 Å². The van der Waals surface area contributed by atoms with Crippen LogP contribution in [0.1, 0.15) is 18.5 Å². The van der Waals surface area contributed by atoms with Crippen LogP contribution in [0.4, 0.5) is 0 Å². The lowest BCUT2D eigenvalue weighted by molar-refractivity contribution is -0.119. The average molecular weight is 374 g/mol. The van der Waals surface area contributed by atoms with Gasteiger partial charge in [-0.15, -0.1) is 10.2 Å². The van der Waals surface area contributed by atoms with Crippen LogP contribution in [0.3, 0.4) is 0 Å². The second-order valence-electron chi connectivity index (χ2n) is 5.37. The molecule has 0 bridgehead atoms. The highest BCUT2D eigenvalue weighted by Gasteiger charge is 2.13. The summed E-state index contributed by atoms with van der Waals surface area (Å²) < 4.78 is 5.57. The minimum Gasteiger partial charge on any atom is -0.411 e. The Morgan fingerprint density at radius 1 is 1.20 bits per heavy atom. The molecular formula is C18H16ClN3O2S. The molecule has 1 aromatic heterocycles. The third-order valence-electron chi connectivity index (χ3n) is 3.48. The molecule has 1 amide bonds. The van der Waals surface area contributed by atoms with E-state index in [0.29, 0.717) is 16.1 Å². The van der Waals surface area contributed by atoms with Crippen LogP contribution in [0, 0.1) is 0 Å². The number of amides is 1. The van der Waals surface area contributed by atoms with Crippen molar-refractivity contribution in [2.24, 2.45) is 0 Å². The van der Waals surface area contributed by atoms with Gasteiger partial charge in [-0.3, -0.25) is 4.79 Å². The Morgan fingerprint density at radius 3 is 2.76 bits per heavy atom. The van der Waals surface area contributed by atoms with E-state index < -0.39 is 0 Å². The van der Waals surface area contributed by atoms with Crippen molar-refractivity contribution in [1.29, 1.82) is 0 Å². The van der Waals surface area contributed by atoms with Crippen molar-refractivity contribution in [2.45, 2.75) is 18.2 Å². The quantitative estimate of drug-likeness (QED) is 0.650. The van der Waals surface area contributed by atoms with Gasteiger partial charge in [-0.05, 0) is 36.8 Å². The summed E-state index contributed by atoms with van der Waals surface area (Å²) in [6.45, 7) is 1.91. The van der Waals surface area contributed by atoms with Crippen LogP contribution in [0.15, 0.2) is 64.2 Å². The van der Waals surface area contributed by atoms with E-state index in [4.69, 9.17) is 16.0 Å². The topological polar surface area (TPSA) is 68.0 Å². The third-order valence-corrected chi connectivity index (χ3v) is 4.53. The number of rotatable bonds is 6. The first-order valence-electron chi connectivity index (χ1n) is 7.68. The molecule has 0 saturated heterocycles. The number of carbonyl (C=O) groups is 1. The third kappa shape index (κ3) is 4.84. The maximum Gasteiger partial charge on any atom is 0.277 e. The Labute approximate surface area is 154 Å². The number of hydrogen-bond donors (Lipinski definition) is 1. The fraction of sp³-hybridized carbons (Fsp3) is 0.167. The molecular weight excluding hydrogens is 358 g/mol. The number of hydrogen-bond acceptors (Lipinski definition) is 5. The van der Waals surface area contributed by atoms with E-state index in [-0.39, 0.29) is 17.7 Å². The van der Waals surface area contributed by atoms with E-state index in [0.717, 1.165) is 11.1 Å². The number of carbonyl (C=O) groups excluding carboxylic acids is 1. The largest absolute Gasteiger partial charge is 0.411 e. The zero-order valence-electron chi connectivity index (χ0n) is 13.5. The van der Waals surface area contributed by atoms with Gasteiger partial charge in [-0.1, -0.05) is 53.7 Å². The number of benzene rings is 2. The molecule has 3 rings (SSSR count). The average Bonchev–Trinajstić information content (AvgIpc) is 3.10. The highest BCUT2D eigenvalue weighted by Crippen LogP contribution is 2.23. The van der Waals surface area contributed by atoms with E-state index >= 15 is 0 Å². The Kier molecular flexibility index (Phi) is 5.73. The molecule has 1 heterocycles. The van der Waals surface area contributed by atoms with E-state index in [1.807, 2.05) is 55.5 Å². The van der Waals surface area contributed by atoms with E-state index in [1.54, 1.807) is 6.07 Å². The first-order chi connectivity index (χ1) is 12.1. The standard InChI is InChI=1S/C18H16ClN3O2S/c1-12(14-8-5-9-15(19)10-14)20-16(23)11-25-18-22-21-17(24-18)13-6-3-2-4-7-13/h2-10,12H,11H2,1H3,(H,20,23)/t12-/m0/s1. The summed E-state index contributed by atoms with van der Waals surface area (Å²) in [7, 11) is 0. The lowest BCUT2D eigenvalue weighted by Crippen LogP contribution is -2.28. The van der Waals surface area contributed by atoms with Crippen molar-refractivity contribution in [3.8, 4) is 11.5 Å². The van der Waals surface area contributed by atoms with Gasteiger partial charge in [0.1, 0.15) is 0 Å². The van der Waals surface area contributed by atoms with Crippen molar-refractivity contribution in [2.75, 3.05) is 5.75 Å². The van der Waals surface area contributed by atoms with E-state index in [2.05, 4.69) is 15.5 Å². The maximum atomic E-state index is 12.1. The smallest absolute Gasteiger partial charge is 0.277 e. The SMILES string of the molecule is C[C@H](NC(=O)CSc1nnc(-c2ccccc2)o1)c1cccc(Cl)c1. The number of nitrogens with zero attached hydrogens (tertiary/aromatic N) is 2. The molecule has 7 heteroatoms. The molecule has 1 atom stereocenters. The van der Waals surface area contributed by atoms with Gasteiger partial charge in [-0.25, -0.2) is 0 Å². The van der Waals surface area contributed by atoms with Crippen LogP contribution in [-0.2, 0) is 4.79 Å². The van der Waals surface area contributed by atoms with Crippen molar-refractivity contribution in [3.63, 3.8) is 0 Å². The molecule has 5 nitrogen and oxygen atoms in total. The van der Waals surface area contributed by atoms with Gasteiger partial charge in [0.2, 0.25) is 11.8 Å². The molecule has 128 valence electrons. The van der Waals surface area contributed by atoms with Crippen molar-refractivity contribution < 1.29 is 9.21 Å². The summed E-state index contributed by atoms with van der Waals surface area (Å²) in [5.41, 5.74) is 1.80. The van der Waals surface area contributed by atoms with Gasteiger partial charge >= 0.3 is 0 Å². The molecule has 1 N–H and O–H groups in total. The van der Waals surface area contributed by atoms with E-state index in [1.165, 1.54) is 11.8 Å². The number of aromatic nitrogens is 2. The molecule has 0 radical (unpaired) electrons. The van der Waals surface area contributed by atoms with Gasteiger partial charge in [-0.2, -0.15) is 0 Å². The number of nitrogens with one attached hydrogen (secondary N) is 1. The van der Waals surface area contributed by atoms with Crippen molar-refractivity contribution in [1.82, 2.24) is 15.5 Å². The van der Waals surface area contributed by atoms with Gasteiger partial charge in [0.25, 0.3) is 5.22 Å². The summed E-state index contributed by atoms with van der Waals surface area (Å²) in [6.07, 6.45) is 0.